The van der Waals surface area contributed by atoms with Crippen molar-refractivity contribution in [3.8, 4) is 0 Å². The number of carbonyl (C=O) groups is 2. The largest absolute Gasteiger partial charge is 0.369 e. The Balaban J connectivity index is 1.63. The van der Waals surface area contributed by atoms with E-state index >= 15 is 0 Å². The predicted molar refractivity (Wildman–Crippen MR) is 110 cm³/mol. The van der Waals surface area contributed by atoms with E-state index in [0.29, 0.717) is 31.1 Å². The number of fused-ring (bicyclic) bond motifs is 1. The van der Waals surface area contributed by atoms with Crippen LogP contribution in [0.25, 0.3) is 0 Å². The molecule has 0 radical (unpaired) electrons. The second-order valence-corrected chi connectivity index (χ2v) is 8.88. The number of amides is 2. The minimum Gasteiger partial charge on any atom is -0.369 e. The van der Waals surface area contributed by atoms with Gasteiger partial charge in [-0.1, -0.05) is 0 Å². The number of anilines is 1. The molecule has 3 heterocycles. The third kappa shape index (κ3) is 4.44. The van der Waals surface area contributed by atoms with E-state index in [9.17, 15) is 9.59 Å². The summed E-state index contributed by atoms with van der Waals surface area (Å²) in [7, 11) is 0. The van der Waals surface area contributed by atoms with Gasteiger partial charge in [0.1, 0.15) is 12.4 Å². The lowest BCUT2D eigenvalue weighted by Gasteiger charge is -2.36. The number of aromatic nitrogens is 2. The van der Waals surface area contributed by atoms with E-state index < -0.39 is 0 Å². The molecule has 2 aliphatic heterocycles. The van der Waals surface area contributed by atoms with Gasteiger partial charge in [0.05, 0.1) is 12.1 Å². The molecule has 1 atom stereocenters. The van der Waals surface area contributed by atoms with Gasteiger partial charge >= 0.3 is 0 Å². The predicted octanol–water partition coefficient (Wildman–Crippen LogP) is 2.95. The number of nitrogens with zero attached hydrogens (tertiary/aromatic N) is 4. The molecule has 2 fully saturated rings. The highest BCUT2D eigenvalue weighted by Crippen LogP contribution is 2.37. The fourth-order valence-corrected chi connectivity index (χ4v) is 4.32. The van der Waals surface area contributed by atoms with Crippen LogP contribution in [0.15, 0.2) is 0 Å². The molecule has 1 saturated carbocycles. The molecule has 2 amide bonds. The van der Waals surface area contributed by atoms with E-state index in [-0.39, 0.29) is 30.6 Å². The van der Waals surface area contributed by atoms with Crippen molar-refractivity contribution in [3.63, 3.8) is 0 Å². The van der Waals surface area contributed by atoms with Gasteiger partial charge in [0, 0.05) is 30.8 Å². The van der Waals surface area contributed by atoms with Gasteiger partial charge in [-0.05, 0) is 65.2 Å². The number of rotatable bonds is 6. The summed E-state index contributed by atoms with van der Waals surface area (Å²) >= 11 is 0. The number of carbonyl (C=O) groups excluding carboxylic acids is 2. The smallest absolute Gasteiger partial charge is 0.249 e. The number of ether oxygens (including phenoxy) is 1. The molecule has 1 aromatic heterocycles. The molecule has 0 unspecified atom stereocenters. The maximum absolute atomic E-state index is 12.8. The van der Waals surface area contributed by atoms with Gasteiger partial charge in [-0.25, -0.2) is 9.97 Å². The first kappa shape index (κ1) is 20.3. The number of piperidine rings is 1. The molecule has 7 heteroatoms. The molecule has 0 bridgehead atoms. The third-order valence-corrected chi connectivity index (χ3v) is 6.15. The molecule has 1 saturated heterocycles. The SMILES string of the molecule is Cc1nc([C@H]2CCCCN2C(=O)COC(C)C)nc2c1CCC(=O)N2CC1CC1. The monoisotopic (exact) mass is 400 g/mol. The Kier molecular flexibility index (Phi) is 5.86. The summed E-state index contributed by atoms with van der Waals surface area (Å²) in [5.74, 6) is 2.22. The standard InChI is InChI=1S/C22H32N4O3/c1-14(2)29-13-20(28)25-11-5-4-6-18(25)21-23-15(3)17-9-10-19(27)26(22(17)24-21)12-16-7-8-16/h14,16,18H,4-13H2,1-3H3/t18-/m1/s1. The molecule has 1 aromatic rings. The van der Waals surface area contributed by atoms with E-state index in [0.717, 1.165) is 42.9 Å². The fourth-order valence-electron chi connectivity index (χ4n) is 4.32. The lowest BCUT2D eigenvalue weighted by atomic mass is 9.99. The van der Waals surface area contributed by atoms with Crippen molar-refractivity contribution in [1.29, 1.82) is 0 Å². The summed E-state index contributed by atoms with van der Waals surface area (Å²) in [5.41, 5.74) is 2.03. The maximum atomic E-state index is 12.8. The molecular weight excluding hydrogens is 368 g/mol. The van der Waals surface area contributed by atoms with Crippen molar-refractivity contribution in [1.82, 2.24) is 14.9 Å². The molecule has 3 aliphatic rings. The van der Waals surface area contributed by atoms with Gasteiger partial charge in [0.2, 0.25) is 11.8 Å². The zero-order chi connectivity index (χ0) is 20.5. The van der Waals surface area contributed by atoms with Gasteiger partial charge < -0.3 is 9.64 Å². The van der Waals surface area contributed by atoms with E-state index in [4.69, 9.17) is 14.7 Å². The van der Waals surface area contributed by atoms with E-state index in [1.807, 2.05) is 30.6 Å². The van der Waals surface area contributed by atoms with Crippen LogP contribution in [-0.2, 0) is 20.7 Å². The van der Waals surface area contributed by atoms with Crippen LogP contribution in [0.3, 0.4) is 0 Å². The summed E-state index contributed by atoms with van der Waals surface area (Å²) in [6, 6.07) is -0.143. The molecule has 0 N–H and O–H groups in total. The summed E-state index contributed by atoms with van der Waals surface area (Å²) in [6.45, 7) is 7.42. The third-order valence-electron chi connectivity index (χ3n) is 6.15. The second kappa shape index (κ2) is 8.38. The Hall–Kier alpha value is -2.02. The number of aryl methyl sites for hydroxylation is 1. The van der Waals surface area contributed by atoms with Crippen LogP contribution in [0.5, 0.6) is 0 Å². The fraction of sp³-hybridized carbons (Fsp3) is 0.727. The van der Waals surface area contributed by atoms with Crippen molar-refractivity contribution >= 4 is 17.6 Å². The van der Waals surface area contributed by atoms with Crippen molar-refractivity contribution in [2.45, 2.75) is 77.9 Å². The Morgan fingerprint density at radius 3 is 2.69 bits per heavy atom. The minimum absolute atomic E-state index is 0.00622. The Labute approximate surface area is 172 Å². The highest BCUT2D eigenvalue weighted by atomic mass is 16.5. The van der Waals surface area contributed by atoms with Crippen LogP contribution in [0.2, 0.25) is 0 Å². The zero-order valence-corrected chi connectivity index (χ0v) is 17.8. The summed E-state index contributed by atoms with van der Waals surface area (Å²) in [6.07, 6.45) is 6.52. The molecule has 0 spiro atoms. The average molecular weight is 401 g/mol. The lowest BCUT2D eigenvalue weighted by Crippen LogP contribution is -2.42. The van der Waals surface area contributed by atoms with Crippen LogP contribution in [0.1, 0.15) is 75.5 Å². The Morgan fingerprint density at radius 1 is 1.17 bits per heavy atom. The lowest BCUT2D eigenvalue weighted by molar-refractivity contribution is -0.141. The number of hydrogen-bond donors (Lipinski definition) is 0. The van der Waals surface area contributed by atoms with Crippen molar-refractivity contribution in [2.24, 2.45) is 5.92 Å². The molecule has 4 rings (SSSR count). The van der Waals surface area contributed by atoms with Gasteiger partial charge in [-0.2, -0.15) is 0 Å². The summed E-state index contributed by atoms with van der Waals surface area (Å²) in [4.78, 5) is 38.9. The molecule has 29 heavy (non-hydrogen) atoms. The average Bonchev–Trinajstić information content (AvgIpc) is 3.52. The van der Waals surface area contributed by atoms with Crippen LogP contribution in [0, 0.1) is 12.8 Å². The second-order valence-electron chi connectivity index (χ2n) is 8.88. The topological polar surface area (TPSA) is 75.6 Å². The van der Waals surface area contributed by atoms with Gasteiger partial charge in [-0.3, -0.25) is 14.5 Å². The quantitative estimate of drug-likeness (QED) is 0.734. The van der Waals surface area contributed by atoms with Crippen molar-refractivity contribution in [3.05, 3.63) is 17.1 Å². The normalized spacial score (nSPS) is 22.2. The minimum atomic E-state index is -0.143. The molecule has 0 aromatic carbocycles. The highest BCUT2D eigenvalue weighted by Gasteiger charge is 2.36. The first-order valence-electron chi connectivity index (χ1n) is 11.0. The van der Waals surface area contributed by atoms with E-state index in [2.05, 4.69) is 0 Å². The Bertz CT molecular complexity index is 791. The first-order chi connectivity index (χ1) is 13.9. The maximum Gasteiger partial charge on any atom is 0.249 e. The summed E-state index contributed by atoms with van der Waals surface area (Å²) in [5, 5.41) is 0. The Morgan fingerprint density at radius 2 is 1.97 bits per heavy atom. The zero-order valence-electron chi connectivity index (χ0n) is 17.8. The molecule has 158 valence electrons. The van der Waals surface area contributed by atoms with Crippen LogP contribution in [0.4, 0.5) is 5.82 Å². The van der Waals surface area contributed by atoms with Crippen molar-refractivity contribution < 1.29 is 14.3 Å². The number of likely N-dealkylation sites (tertiary alicyclic amines) is 1. The number of hydrogen-bond acceptors (Lipinski definition) is 5. The van der Waals surface area contributed by atoms with E-state index in [1.165, 1.54) is 12.8 Å². The molecule has 7 nitrogen and oxygen atoms in total. The van der Waals surface area contributed by atoms with Gasteiger partial charge in [0.15, 0.2) is 5.82 Å². The van der Waals surface area contributed by atoms with Crippen molar-refractivity contribution in [2.75, 3.05) is 24.6 Å². The van der Waals surface area contributed by atoms with E-state index in [1.54, 1.807) is 0 Å². The highest BCUT2D eigenvalue weighted by molar-refractivity contribution is 5.95. The van der Waals surface area contributed by atoms with Crippen LogP contribution < -0.4 is 4.90 Å². The van der Waals surface area contributed by atoms with Crippen LogP contribution in [-0.4, -0.2) is 52.5 Å². The molecule has 1 aliphatic carbocycles. The molecular formula is C22H32N4O3. The van der Waals surface area contributed by atoms with Gasteiger partial charge in [0.25, 0.3) is 0 Å². The first-order valence-corrected chi connectivity index (χ1v) is 11.0. The summed E-state index contributed by atoms with van der Waals surface area (Å²) < 4.78 is 5.55. The van der Waals surface area contributed by atoms with Gasteiger partial charge in [-0.15, -0.1) is 0 Å². The van der Waals surface area contributed by atoms with Crippen LogP contribution >= 0.6 is 0 Å².